The molecule has 1 aliphatic heterocycles. The lowest BCUT2D eigenvalue weighted by atomic mass is 9.80. The van der Waals surface area contributed by atoms with Gasteiger partial charge in [0.05, 0.1) is 5.69 Å². The van der Waals surface area contributed by atoms with Gasteiger partial charge < -0.3 is 4.90 Å². The molecule has 0 N–H and O–H groups in total. The summed E-state index contributed by atoms with van der Waals surface area (Å²) in [5, 5.41) is 0. The standard InChI is InChI=1S/C21H26N2/c1-15-6-9-18(10-7-15)22-14-17-8-11-20-19(12-17)16(2)13-21(3,4)23(20)5/h6-12,14,16H,13H2,1-5H3/t16-/m1/s1. The number of benzene rings is 2. The Bertz CT molecular complexity index is 726. The van der Waals surface area contributed by atoms with Crippen LogP contribution in [0, 0.1) is 6.92 Å². The highest BCUT2D eigenvalue weighted by molar-refractivity contribution is 5.83. The molecule has 0 saturated heterocycles. The highest BCUT2D eigenvalue weighted by atomic mass is 15.2. The maximum Gasteiger partial charge on any atom is 0.0630 e. The van der Waals surface area contributed by atoms with Crippen molar-refractivity contribution < 1.29 is 0 Å². The molecular weight excluding hydrogens is 280 g/mol. The van der Waals surface area contributed by atoms with Gasteiger partial charge in [-0.1, -0.05) is 30.7 Å². The van der Waals surface area contributed by atoms with Crippen molar-refractivity contribution in [2.24, 2.45) is 4.99 Å². The fourth-order valence-electron chi connectivity index (χ4n) is 3.46. The third-order valence-corrected chi connectivity index (χ3v) is 5.05. The van der Waals surface area contributed by atoms with Gasteiger partial charge in [0.2, 0.25) is 0 Å². The summed E-state index contributed by atoms with van der Waals surface area (Å²) in [7, 11) is 2.20. The molecule has 0 aliphatic carbocycles. The first-order valence-electron chi connectivity index (χ1n) is 8.35. The molecule has 0 spiro atoms. The zero-order chi connectivity index (χ0) is 16.6. The molecule has 0 fully saturated rings. The lowest BCUT2D eigenvalue weighted by molar-refractivity contribution is 0.395. The summed E-state index contributed by atoms with van der Waals surface area (Å²) in [5.74, 6) is 0.573. The van der Waals surface area contributed by atoms with Gasteiger partial charge >= 0.3 is 0 Å². The van der Waals surface area contributed by atoms with Crippen LogP contribution < -0.4 is 4.90 Å². The second-order valence-corrected chi connectivity index (χ2v) is 7.39. The maximum absolute atomic E-state index is 4.60. The normalized spacial score (nSPS) is 19.9. The van der Waals surface area contributed by atoms with Crippen LogP contribution in [-0.4, -0.2) is 18.8 Å². The topological polar surface area (TPSA) is 15.6 Å². The molecule has 0 saturated carbocycles. The van der Waals surface area contributed by atoms with E-state index in [0.29, 0.717) is 5.92 Å². The maximum atomic E-state index is 4.60. The van der Waals surface area contributed by atoms with E-state index < -0.39 is 0 Å². The minimum Gasteiger partial charge on any atom is -0.369 e. The number of aliphatic imine (C=N–C) groups is 1. The van der Waals surface area contributed by atoms with E-state index in [0.717, 1.165) is 5.69 Å². The average Bonchev–Trinajstić information content (AvgIpc) is 2.52. The molecule has 0 unspecified atom stereocenters. The lowest BCUT2D eigenvalue weighted by Gasteiger charge is -2.45. The van der Waals surface area contributed by atoms with Crippen LogP contribution in [0.3, 0.4) is 0 Å². The molecule has 3 rings (SSSR count). The Labute approximate surface area is 139 Å². The second kappa shape index (κ2) is 5.84. The first kappa shape index (κ1) is 15.8. The average molecular weight is 306 g/mol. The molecule has 0 radical (unpaired) electrons. The number of hydrogen-bond donors (Lipinski definition) is 0. The van der Waals surface area contributed by atoms with Crippen molar-refractivity contribution >= 4 is 17.6 Å². The minimum atomic E-state index is 0.212. The Morgan fingerprint density at radius 1 is 1.13 bits per heavy atom. The van der Waals surface area contributed by atoms with Gasteiger partial charge in [0.1, 0.15) is 0 Å². The summed E-state index contributed by atoms with van der Waals surface area (Å²) in [6, 6.07) is 15.0. The Balaban J connectivity index is 1.89. The molecule has 1 atom stereocenters. The summed E-state index contributed by atoms with van der Waals surface area (Å²) < 4.78 is 0. The van der Waals surface area contributed by atoms with Gasteiger partial charge in [-0.3, -0.25) is 4.99 Å². The van der Waals surface area contributed by atoms with Gasteiger partial charge in [-0.2, -0.15) is 0 Å². The van der Waals surface area contributed by atoms with Crippen molar-refractivity contribution in [2.45, 2.75) is 45.6 Å². The monoisotopic (exact) mass is 306 g/mol. The molecular formula is C21H26N2. The van der Waals surface area contributed by atoms with Crippen molar-refractivity contribution in [2.75, 3.05) is 11.9 Å². The smallest absolute Gasteiger partial charge is 0.0630 e. The molecule has 2 aromatic rings. The lowest BCUT2D eigenvalue weighted by Crippen LogP contribution is -2.45. The summed E-state index contributed by atoms with van der Waals surface area (Å²) >= 11 is 0. The van der Waals surface area contributed by atoms with Gasteiger partial charge in [-0.25, -0.2) is 0 Å². The van der Waals surface area contributed by atoms with Crippen LogP contribution in [-0.2, 0) is 0 Å². The van der Waals surface area contributed by atoms with Gasteiger partial charge in [0, 0.05) is 24.5 Å². The van der Waals surface area contributed by atoms with Crippen molar-refractivity contribution in [1.82, 2.24) is 0 Å². The molecule has 2 aromatic carbocycles. The van der Waals surface area contributed by atoms with Crippen molar-refractivity contribution in [3.05, 3.63) is 59.2 Å². The fourth-order valence-corrected chi connectivity index (χ4v) is 3.46. The molecule has 0 aromatic heterocycles. The van der Waals surface area contributed by atoms with Crippen molar-refractivity contribution in [1.29, 1.82) is 0 Å². The van der Waals surface area contributed by atoms with E-state index >= 15 is 0 Å². The molecule has 0 amide bonds. The number of hydrogen-bond acceptors (Lipinski definition) is 2. The van der Waals surface area contributed by atoms with E-state index in [1.54, 1.807) is 0 Å². The number of aryl methyl sites for hydroxylation is 1. The van der Waals surface area contributed by atoms with Crippen LogP contribution in [0.2, 0.25) is 0 Å². The number of fused-ring (bicyclic) bond motifs is 1. The van der Waals surface area contributed by atoms with E-state index in [9.17, 15) is 0 Å². The van der Waals surface area contributed by atoms with Crippen LogP contribution in [0.25, 0.3) is 0 Å². The Morgan fingerprint density at radius 2 is 1.83 bits per heavy atom. The molecule has 2 nitrogen and oxygen atoms in total. The van der Waals surface area contributed by atoms with Crippen LogP contribution in [0.15, 0.2) is 47.5 Å². The summed E-state index contributed by atoms with van der Waals surface area (Å²) in [5.41, 5.74) is 6.42. The van der Waals surface area contributed by atoms with Crippen LogP contribution in [0.5, 0.6) is 0 Å². The predicted octanol–water partition coefficient (Wildman–Crippen LogP) is 5.47. The number of rotatable bonds is 2. The molecule has 23 heavy (non-hydrogen) atoms. The summed E-state index contributed by atoms with van der Waals surface area (Å²) in [6.45, 7) is 9.06. The molecule has 1 heterocycles. The fraction of sp³-hybridized carbons (Fsp3) is 0.381. The van der Waals surface area contributed by atoms with E-state index in [4.69, 9.17) is 0 Å². The first-order chi connectivity index (χ1) is 10.9. The van der Waals surface area contributed by atoms with Crippen LogP contribution in [0.4, 0.5) is 11.4 Å². The minimum absolute atomic E-state index is 0.212. The number of anilines is 1. The Morgan fingerprint density at radius 3 is 2.52 bits per heavy atom. The van der Waals surface area contributed by atoms with Gasteiger partial charge in [-0.15, -0.1) is 0 Å². The van der Waals surface area contributed by atoms with E-state index in [1.807, 2.05) is 6.21 Å². The van der Waals surface area contributed by atoms with Gasteiger partial charge in [0.15, 0.2) is 0 Å². The zero-order valence-corrected chi connectivity index (χ0v) is 14.8. The zero-order valence-electron chi connectivity index (χ0n) is 14.8. The van der Waals surface area contributed by atoms with Crippen LogP contribution in [0.1, 0.15) is 49.8 Å². The molecule has 120 valence electrons. The number of nitrogens with zero attached hydrogens (tertiary/aromatic N) is 2. The Hall–Kier alpha value is -2.09. The summed E-state index contributed by atoms with van der Waals surface area (Å²) in [6.07, 6.45) is 3.15. The van der Waals surface area contributed by atoms with E-state index in [2.05, 4.69) is 87.1 Å². The first-order valence-corrected chi connectivity index (χ1v) is 8.35. The van der Waals surface area contributed by atoms with Crippen LogP contribution >= 0.6 is 0 Å². The van der Waals surface area contributed by atoms with E-state index in [1.165, 1.54) is 28.8 Å². The van der Waals surface area contributed by atoms with Crippen molar-refractivity contribution in [3.63, 3.8) is 0 Å². The highest BCUT2D eigenvalue weighted by Crippen LogP contribution is 2.42. The quantitative estimate of drug-likeness (QED) is 0.672. The van der Waals surface area contributed by atoms with E-state index in [-0.39, 0.29) is 5.54 Å². The molecule has 0 bridgehead atoms. The molecule has 2 heteroatoms. The third kappa shape index (κ3) is 3.17. The van der Waals surface area contributed by atoms with Crippen molar-refractivity contribution in [3.8, 4) is 0 Å². The summed E-state index contributed by atoms with van der Waals surface area (Å²) in [4.78, 5) is 7.01. The van der Waals surface area contributed by atoms with Gasteiger partial charge in [-0.05, 0) is 68.5 Å². The van der Waals surface area contributed by atoms with Gasteiger partial charge in [0.25, 0.3) is 0 Å². The largest absolute Gasteiger partial charge is 0.369 e. The third-order valence-electron chi connectivity index (χ3n) is 5.05. The highest BCUT2D eigenvalue weighted by Gasteiger charge is 2.33. The SMILES string of the molecule is Cc1ccc(N=Cc2ccc3c(c2)[C@H](C)CC(C)(C)N3C)cc1. The predicted molar refractivity (Wildman–Crippen MR) is 100 cm³/mol. The Kier molecular flexibility index (Phi) is 4.01. The second-order valence-electron chi connectivity index (χ2n) is 7.39. The molecule has 1 aliphatic rings.